The van der Waals surface area contributed by atoms with Crippen LogP contribution in [-0.2, 0) is 10.1 Å². The van der Waals surface area contributed by atoms with Crippen molar-refractivity contribution >= 4 is 10.1 Å². The van der Waals surface area contributed by atoms with E-state index in [1.807, 2.05) is 0 Å². The van der Waals surface area contributed by atoms with Crippen molar-refractivity contribution in [3.8, 4) is 0 Å². The first-order valence-electron chi connectivity index (χ1n) is 12.1. The van der Waals surface area contributed by atoms with E-state index in [1.165, 1.54) is 64.2 Å². The summed E-state index contributed by atoms with van der Waals surface area (Å²) in [5, 5.41) is 8.17. The molecule has 0 aromatic heterocycles. The molecule has 170 valence electrons. The Morgan fingerprint density at radius 2 is 0.893 bits per heavy atom. The van der Waals surface area contributed by atoms with Gasteiger partial charge in [-0.15, -0.1) is 0 Å². The quantitative estimate of drug-likeness (QED) is 0.145. The molecule has 0 aliphatic heterocycles. The van der Waals surface area contributed by atoms with Gasteiger partial charge in [0.05, 0.1) is 5.25 Å². The van der Waals surface area contributed by atoms with Gasteiger partial charge in [0.25, 0.3) is 10.1 Å². The molecule has 0 saturated heterocycles. The summed E-state index contributed by atoms with van der Waals surface area (Å²) >= 11 is 0. The average Bonchev–Trinajstić information content (AvgIpc) is 2.65. The van der Waals surface area contributed by atoms with E-state index in [-0.39, 0.29) is 6.61 Å². The van der Waals surface area contributed by atoms with Crippen LogP contribution in [0, 0.1) is 0 Å². The SMILES string of the molecule is CCCCCCCCCCCCCCC(CCCCCCCCO)S(=O)(=O)O. The van der Waals surface area contributed by atoms with Crippen LogP contribution in [0.2, 0.25) is 0 Å². The topological polar surface area (TPSA) is 74.6 Å². The molecule has 0 aliphatic rings. The predicted molar refractivity (Wildman–Crippen MR) is 120 cm³/mol. The lowest BCUT2D eigenvalue weighted by Crippen LogP contribution is -2.20. The van der Waals surface area contributed by atoms with Crippen LogP contribution < -0.4 is 0 Å². The summed E-state index contributed by atoms with van der Waals surface area (Å²) in [6.45, 7) is 2.50. The number of hydrogen-bond donors (Lipinski definition) is 2. The third kappa shape index (κ3) is 19.2. The Kier molecular flexibility index (Phi) is 20.1. The van der Waals surface area contributed by atoms with Gasteiger partial charge in [-0.3, -0.25) is 4.55 Å². The number of unbranched alkanes of at least 4 members (excludes halogenated alkanes) is 16. The first kappa shape index (κ1) is 27.9. The van der Waals surface area contributed by atoms with Gasteiger partial charge in [0.15, 0.2) is 0 Å². The fourth-order valence-electron chi connectivity index (χ4n) is 3.85. The highest BCUT2D eigenvalue weighted by Gasteiger charge is 2.21. The third-order valence-corrected chi connectivity index (χ3v) is 7.05. The zero-order valence-corrected chi connectivity index (χ0v) is 19.4. The zero-order valence-electron chi connectivity index (χ0n) is 18.5. The van der Waals surface area contributed by atoms with Crippen LogP contribution >= 0.6 is 0 Å². The Labute approximate surface area is 175 Å². The van der Waals surface area contributed by atoms with E-state index in [2.05, 4.69) is 6.92 Å². The third-order valence-electron chi connectivity index (χ3n) is 5.74. The molecule has 0 amide bonds. The van der Waals surface area contributed by atoms with Crippen molar-refractivity contribution < 1.29 is 18.1 Å². The van der Waals surface area contributed by atoms with Gasteiger partial charge >= 0.3 is 0 Å². The molecule has 1 atom stereocenters. The fourth-order valence-corrected chi connectivity index (χ4v) is 4.78. The maximum Gasteiger partial charge on any atom is 0.267 e. The second kappa shape index (κ2) is 20.2. The largest absolute Gasteiger partial charge is 0.396 e. The molecule has 0 aliphatic carbocycles. The molecule has 0 aromatic rings. The van der Waals surface area contributed by atoms with Crippen molar-refractivity contribution in [3.63, 3.8) is 0 Å². The maximum absolute atomic E-state index is 11.6. The first-order chi connectivity index (χ1) is 13.5. The maximum atomic E-state index is 11.6. The van der Waals surface area contributed by atoms with E-state index in [0.717, 1.165) is 51.4 Å². The summed E-state index contributed by atoms with van der Waals surface area (Å²) < 4.78 is 32.7. The van der Waals surface area contributed by atoms with E-state index in [9.17, 15) is 13.0 Å². The second-order valence-electron chi connectivity index (χ2n) is 8.45. The Hall–Kier alpha value is -0.130. The molecule has 28 heavy (non-hydrogen) atoms. The van der Waals surface area contributed by atoms with E-state index in [4.69, 9.17) is 5.11 Å². The normalized spacial score (nSPS) is 13.1. The van der Waals surface area contributed by atoms with Crippen LogP contribution in [0.25, 0.3) is 0 Å². The van der Waals surface area contributed by atoms with Crippen LogP contribution in [0.15, 0.2) is 0 Å². The Morgan fingerprint density at radius 3 is 1.21 bits per heavy atom. The van der Waals surface area contributed by atoms with Crippen LogP contribution in [0.5, 0.6) is 0 Å². The monoisotopic (exact) mass is 420 g/mol. The summed E-state index contributed by atoms with van der Waals surface area (Å²) in [4.78, 5) is 0. The van der Waals surface area contributed by atoms with Crippen LogP contribution in [0.4, 0.5) is 0 Å². The van der Waals surface area contributed by atoms with Gasteiger partial charge in [-0.25, -0.2) is 0 Å². The van der Waals surface area contributed by atoms with Crippen LogP contribution in [-0.4, -0.2) is 29.9 Å². The van der Waals surface area contributed by atoms with Crippen molar-refractivity contribution in [3.05, 3.63) is 0 Å². The lowest BCUT2D eigenvalue weighted by molar-refractivity contribution is 0.282. The molecule has 4 nitrogen and oxygen atoms in total. The van der Waals surface area contributed by atoms with Gasteiger partial charge in [-0.05, 0) is 19.3 Å². The van der Waals surface area contributed by atoms with Crippen molar-refractivity contribution in [2.75, 3.05) is 6.61 Å². The Balaban J connectivity index is 3.61. The second-order valence-corrected chi connectivity index (χ2v) is 10.1. The van der Waals surface area contributed by atoms with Gasteiger partial charge in [0.1, 0.15) is 0 Å². The van der Waals surface area contributed by atoms with Gasteiger partial charge in [0, 0.05) is 6.61 Å². The predicted octanol–water partition coefficient (Wildman–Crippen LogP) is 7.06. The molecule has 0 heterocycles. The minimum atomic E-state index is -3.91. The van der Waals surface area contributed by atoms with E-state index < -0.39 is 15.4 Å². The number of hydrogen-bond acceptors (Lipinski definition) is 3. The number of aliphatic hydroxyl groups excluding tert-OH is 1. The highest BCUT2D eigenvalue weighted by Crippen LogP contribution is 2.19. The molecule has 0 saturated carbocycles. The highest BCUT2D eigenvalue weighted by molar-refractivity contribution is 7.86. The zero-order chi connectivity index (χ0) is 20.9. The van der Waals surface area contributed by atoms with Gasteiger partial charge in [-0.2, -0.15) is 8.42 Å². The molecule has 0 radical (unpaired) electrons. The summed E-state index contributed by atoms with van der Waals surface area (Å²) in [7, 11) is -3.91. The van der Waals surface area contributed by atoms with Gasteiger partial charge in [0.2, 0.25) is 0 Å². The Morgan fingerprint density at radius 1 is 0.571 bits per heavy atom. The molecular formula is C23H48O4S. The molecule has 5 heteroatoms. The minimum absolute atomic E-state index is 0.254. The number of aliphatic hydroxyl groups is 1. The molecule has 1 unspecified atom stereocenters. The van der Waals surface area contributed by atoms with Gasteiger partial charge < -0.3 is 5.11 Å². The standard InChI is InChI=1S/C23H48O4S/c1-2-3-4-5-6-7-8-9-10-11-14-17-20-23(28(25,26)27)21-18-15-12-13-16-19-22-24/h23-24H,2-22H2,1H3,(H,25,26,27). The molecule has 0 spiro atoms. The summed E-state index contributed by atoms with van der Waals surface area (Å²) in [6, 6.07) is 0. The van der Waals surface area contributed by atoms with E-state index in [1.54, 1.807) is 0 Å². The van der Waals surface area contributed by atoms with Crippen molar-refractivity contribution in [1.29, 1.82) is 0 Å². The first-order valence-corrected chi connectivity index (χ1v) is 13.6. The lowest BCUT2D eigenvalue weighted by Gasteiger charge is -2.13. The molecule has 2 N–H and O–H groups in total. The number of rotatable bonds is 22. The lowest BCUT2D eigenvalue weighted by atomic mass is 10.0. The van der Waals surface area contributed by atoms with Crippen molar-refractivity contribution in [2.45, 2.75) is 141 Å². The van der Waals surface area contributed by atoms with Crippen LogP contribution in [0.1, 0.15) is 135 Å². The minimum Gasteiger partial charge on any atom is -0.396 e. The fraction of sp³-hybridized carbons (Fsp3) is 1.00. The molecule has 0 rings (SSSR count). The highest BCUT2D eigenvalue weighted by atomic mass is 32.2. The average molecular weight is 421 g/mol. The molecule has 0 aromatic carbocycles. The molecular weight excluding hydrogens is 372 g/mol. The van der Waals surface area contributed by atoms with Gasteiger partial charge in [-0.1, -0.05) is 116 Å². The smallest absolute Gasteiger partial charge is 0.267 e. The summed E-state index contributed by atoms with van der Waals surface area (Å²) in [6.07, 6.45) is 22.3. The summed E-state index contributed by atoms with van der Waals surface area (Å²) in [5.74, 6) is 0. The van der Waals surface area contributed by atoms with Crippen LogP contribution in [0.3, 0.4) is 0 Å². The van der Waals surface area contributed by atoms with E-state index in [0.29, 0.717) is 12.8 Å². The Bertz CT molecular complexity index is 409. The molecule has 0 fully saturated rings. The summed E-state index contributed by atoms with van der Waals surface area (Å²) in [5.41, 5.74) is 0. The molecule has 0 bridgehead atoms. The van der Waals surface area contributed by atoms with E-state index >= 15 is 0 Å². The van der Waals surface area contributed by atoms with Crippen molar-refractivity contribution in [1.82, 2.24) is 0 Å². The van der Waals surface area contributed by atoms with Crippen molar-refractivity contribution in [2.24, 2.45) is 0 Å².